The highest BCUT2D eigenvalue weighted by atomic mass is 16.4. The quantitative estimate of drug-likeness (QED) is 0.396. The summed E-state index contributed by atoms with van der Waals surface area (Å²) in [4.78, 5) is 20.5. The summed E-state index contributed by atoms with van der Waals surface area (Å²) in [6.07, 6.45) is 10.3. The highest BCUT2D eigenvalue weighted by molar-refractivity contribution is 5.67. The molecule has 0 aliphatic heterocycles. The summed E-state index contributed by atoms with van der Waals surface area (Å²) in [5.41, 5.74) is 0. The third-order valence-corrected chi connectivity index (χ3v) is 2.44. The van der Waals surface area contributed by atoms with E-state index in [0.717, 1.165) is 19.3 Å². The van der Waals surface area contributed by atoms with Gasteiger partial charge >= 0.3 is 11.9 Å². The van der Waals surface area contributed by atoms with Crippen LogP contribution in [0.5, 0.6) is 0 Å². The van der Waals surface area contributed by atoms with Crippen molar-refractivity contribution in [3.05, 3.63) is 24.3 Å². The van der Waals surface area contributed by atoms with Crippen LogP contribution in [0.15, 0.2) is 24.3 Å². The molecule has 1 atom stereocenters. The van der Waals surface area contributed by atoms with Gasteiger partial charge < -0.3 is 15.3 Å². The highest BCUT2D eigenvalue weighted by Crippen LogP contribution is 2.02. The Morgan fingerprint density at radius 3 is 2.26 bits per heavy atom. The molecule has 0 aromatic rings. The van der Waals surface area contributed by atoms with Crippen LogP contribution in [0.25, 0.3) is 0 Å². The Morgan fingerprint density at radius 2 is 1.63 bits per heavy atom. The van der Waals surface area contributed by atoms with Gasteiger partial charge in [-0.2, -0.15) is 0 Å². The van der Waals surface area contributed by atoms with E-state index in [9.17, 15) is 14.7 Å². The third kappa shape index (κ3) is 14.3. The Bertz CT molecular complexity index is 320. The number of carboxylic acids is 2. The first-order chi connectivity index (χ1) is 9.02. The van der Waals surface area contributed by atoms with Crippen molar-refractivity contribution in [3.63, 3.8) is 0 Å². The van der Waals surface area contributed by atoms with Gasteiger partial charge in [0.2, 0.25) is 0 Å². The van der Waals surface area contributed by atoms with Crippen molar-refractivity contribution in [2.45, 2.75) is 51.0 Å². The zero-order valence-corrected chi connectivity index (χ0v) is 11.0. The molecule has 0 aromatic carbocycles. The molecule has 3 N–H and O–H groups in total. The summed E-state index contributed by atoms with van der Waals surface area (Å²) >= 11 is 0. The summed E-state index contributed by atoms with van der Waals surface area (Å²) < 4.78 is 0. The standard InChI is InChI=1S/C14H22O5/c15-12(11-14(18)19)9-7-5-3-1-2-4-6-8-10-13(16)17/h1-2,5,7,12,15H,3-4,6,8-11H2,(H,16,17)(H,18,19)/b2-1-,7-5-. The van der Waals surface area contributed by atoms with Crippen molar-refractivity contribution < 1.29 is 24.9 Å². The van der Waals surface area contributed by atoms with Crippen molar-refractivity contribution in [1.82, 2.24) is 0 Å². The minimum absolute atomic E-state index is 0.217. The van der Waals surface area contributed by atoms with Gasteiger partial charge in [0.05, 0.1) is 12.5 Å². The van der Waals surface area contributed by atoms with Crippen LogP contribution < -0.4 is 0 Å². The minimum Gasteiger partial charge on any atom is -0.481 e. The maximum atomic E-state index is 10.3. The van der Waals surface area contributed by atoms with Gasteiger partial charge in [0.25, 0.3) is 0 Å². The second kappa shape index (κ2) is 11.5. The number of aliphatic carboxylic acids is 2. The Balaban J connectivity index is 3.46. The smallest absolute Gasteiger partial charge is 0.305 e. The van der Waals surface area contributed by atoms with E-state index in [1.165, 1.54) is 0 Å². The van der Waals surface area contributed by atoms with Gasteiger partial charge in [-0.1, -0.05) is 24.3 Å². The van der Waals surface area contributed by atoms with Gasteiger partial charge in [-0.3, -0.25) is 9.59 Å². The van der Waals surface area contributed by atoms with Gasteiger partial charge in [0, 0.05) is 6.42 Å². The highest BCUT2D eigenvalue weighted by Gasteiger charge is 2.06. The van der Waals surface area contributed by atoms with Crippen LogP contribution in [-0.2, 0) is 9.59 Å². The van der Waals surface area contributed by atoms with Crippen molar-refractivity contribution in [3.8, 4) is 0 Å². The first kappa shape index (κ1) is 17.4. The summed E-state index contributed by atoms with van der Waals surface area (Å²) in [6.45, 7) is 0. The van der Waals surface area contributed by atoms with E-state index in [1.807, 2.05) is 18.2 Å². The van der Waals surface area contributed by atoms with Crippen molar-refractivity contribution in [1.29, 1.82) is 0 Å². The minimum atomic E-state index is -0.998. The van der Waals surface area contributed by atoms with Gasteiger partial charge in [-0.05, 0) is 32.1 Å². The molecular weight excluding hydrogens is 248 g/mol. The summed E-state index contributed by atoms with van der Waals surface area (Å²) in [7, 11) is 0. The van der Waals surface area contributed by atoms with Gasteiger partial charge in [0.1, 0.15) is 0 Å². The zero-order valence-electron chi connectivity index (χ0n) is 11.0. The van der Waals surface area contributed by atoms with Crippen LogP contribution in [0, 0.1) is 0 Å². The average Bonchev–Trinajstić information content (AvgIpc) is 2.30. The molecule has 0 radical (unpaired) electrons. The molecule has 1 unspecified atom stereocenters. The van der Waals surface area contributed by atoms with Crippen molar-refractivity contribution in [2.24, 2.45) is 0 Å². The predicted octanol–water partition coefficient (Wildman–Crippen LogP) is 2.36. The molecule has 0 fully saturated rings. The van der Waals surface area contributed by atoms with Gasteiger partial charge in [-0.25, -0.2) is 0 Å². The lowest BCUT2D eigenvalue weighted by Crippen LogP contribution is -2.11. The van der Waals surface area contributed by atoms with Crippen LogP contribution >= 0.6 is 0 Å². The van der Waals surface area contributed by atoms with E-state index in [0.29, 0.717) is 12.8 Å². The molecule has 0 amide bonds. The van der Waals surface area contributed by atoms with E-state index >= 15 is 0 Å². The monoisotopic (exact) mass is 270 g/mol. The normalized spacial score (nSPS) is 13.1. The van der Waals surface area contributed by atoms with Crippen LogP contribution in [-0.4, -0.2) is 33.4 Å². The zero-order chi connectivity index (χ0) is 14.5. The molecule has 0 spiro atoms. The maximum absolute atomic E-state index is 10.3. The number of aliphatic hydroxyl groups excluding tert-OH is 1. The molecule has 0 saturated carbocycles. The Kier molecular flexibility index (Phi) is 10.5. The summed E-state index contributed by atoms with van der Waals surface area (Å²) in [5.74, 6) is -1.76. The Morgan fingerprint density at radius 1 is 0.947 bits per heavy atom. The van der Waals surface area contributed by atoms with E-state index < -0.39 is 18.0 Å². The molecule has 0 rings (SSSR count). The molecule has 19 heavy (non-hydrogen) atoms. The number of hydrogen-bond donors (Lipinski definition) is 3. The number of hydrogen-bond acceptors (Lipinski definition) is 3. The molecule has 0 aliphatic rings. The Hall–Kier alpha value is -1.62. The molecule has 108 valence electrons. The van der Waals surface area contributed by atoms with Crippen LogP contribution in [0.1, 0.15) is 44.9 Å². The molecule has 0 saturated heterocycles. The number of carboxylic acid groups (broad SMARTS) is 2. The fourth-order valence-electron chi connectivity index (χ4n) is 1.47. The predicted molar refractivity (Wildman–Crippen MR) is 71.9 cm³/mol. The lowest BCUT2D eigenvalue weighted by molar-refractivity contribution is -0.139. The van der Waals surface area contributed by atoms with Crippen LogP contribution in [0.2, 0.25) is 0 Å². The number of aliphatic hydroxyl groups is 1. The second-order valence-electron chi connectivity index (χ2n) is 4.31. The van der Waals surface area contributed by atoms with Crippen molar-refractivity contribution in [2.75, 3.05) is 0 Å². The molecule has 0 aromatic heterocycles. The second-order valence-corrected chi connectivity index (χ2v) is 4.31. The lowest BCUT2D eigenvalue weighted by atomic mass is 10.1. The van der Waals surface area contributed by atoms with E-state index in [2.05, 4.69) is 0 Å². The van der Waals surface area contributed by atoms with Gasteiger partial charge in [-0.15, -0.1) is 0 Å². The molecule has 5 nitrogen and oxygen atoms in total. The number of unbranched alkanes of at least 4 members (excludes halogenated alkanes) is 2. The van der Waals surface area contributed by atoms with Crippen LogP contribution in [0.4, 0.5) is 0 Å². The summed E-state index contributed by atoms with van der Waals surface area (Å²) in [5, 5.41) is 26.1. The van der Waals surface area contributed by atoms with Gasteiger partial charge in [0.15, 0.2) is 0 Å². The maximum Gasteiger partial charge on any atom is 0.305 e. The molecule has 0 heterocycles. The number of rotatable bonds is 11. The largest absolute Gasteiger partial charge is 0.481 e. The van der Waals surface area contributed by atoms with Crippen LogP contribution in [0.3, 0.4) is 0 Å². The molecule has 0 aliphatic carbocycles. The number of allylic oxidation sites excluding steroid dienone is 3. The third-order valence-electron chi connectivity index (χ3n) is 2.44. The molecule has 0 bridgehead atoms. The van der Waals surface area contributed by atoms with E-state index in [1.54, 1.807) is 6.08 Å². The fourth-order valence-corrected chi connectivity index (χ4v) is 1.47. The molecular formula is C14H22O5. The summed E-state index contributed by atoms with van der Waals surface area (Å²) in [6, 6.07) is 0. The SMILES string of the molecule is O=C(O)CCCC/C=C\C/C=C\CC(O)CC(=O)O. The first-order valence-corrected chi connectivity index (χ1v) is 6.44. The number of carbonyl (C=O) groups is 2. The average molecular weight is 270 g/mol. The fraction of sp³-hybridized carbons (Fsp3) is 0.571. The van der Waals surface area contributed by atoms with E-state index in [-0.39, 0.29) is 12.8 Å². The molecule has 5 heteroatoms. The van der Waals surface area contributed by atoms with Crippen molar-refractivity contribution >= 4 is 11.9 Å². The lowest BCUT2D eigenvalue weighted by Gasteiger charge is -2.02. The Labute approximate surface area is 113 Å². The topological polar surface area (TPSA) is 94.8 Å². The first-order valence-electron chi connectivity index (χ1n) is 6.44. The van der Waals surface area contributed by atoms with E-state index in [4.69, 9.17) is 10.2 Å².